The predicted molar refractivity (Wildman–Crippen MR) is 119 cm³/mol. The summed E-state index contributed by atoms with van der Waals surface area (Å²) in [6.07, 6.45) is 5.53. The second-order valence-electron chi connectivity index (χ2n) is 7.02. The Morgan fingerprint density at radius 2 is 1.93 bits per heavy atom. The van der Waals surface area contributed by atoms with E-state index in [1.54, 1.807) is 13.1 Å². The summed E-state index contributed by atoms with van der Waals surface area (Å²) in [6.45, 7) is 1.77. The Hall–Kier alpha value is -2.78. The average molecular weight is 440 g/mol. The minimum absolute atomic E-state index is 0.225. The highest BCUT2D eigenvalue weighted by Crippen LogP contribution is 2.38. The van der Waals surface area contributed by atoms with Gasteiger partial charge in [0.2, 0.25) is 11.1 Å². The van der Waals surface area contributed by atoms with Crippen molar-refractivity contribution in [1.29, 1.82) is 0 Å². The maximum absolute atomic E-state index is 12.7. The Morgan fingerprint density at radius 3 is 2.63 bits per heavy atom. The largest absolute Gasteiger partial charge is 0.365 e. The summed E-state index contributed by atoms with van der Waals surface area (Å²) in [4.78, 5) is 30.2. The molecule has 0 fully saturated rings. The monoisotopic (exact) mass is 439 g/mol. The number of nitrogens with zero attached hydrogens (tertiary/aromatic N) is 3. The van der Waals surface area contributed by atoms with E-state index in [1.165, 1.54) is 23.1 Å². The van der Waals surface area contributed by atoms with Crippen molar-refractivity contribution in [1.82, 2.24) is 15.2 Å². The van der Waals surface area contributed by atoms with Gasteiger partial charge in [0.05, 0.1) is 17.0 Å². The number of benzene rings is 1. The van der Waals surface area contributed by atoms with Crippen molar-refractivity contribution in [2.24, 2.45) is 5.73 Å². The number of fused-ring (bicyclic) bond motifs is 1. The fraction of sp³-hybridized carbons (Fsp3) is 0.286. The molecule has 30 heavy (non-hydrogen) atoms. The Kier molecular flexibility index (Phi) is 6.10. The van der Waals surface area contributed by atoms with Crippen LogP contribution in [-0.2, 0) is 17.6 Å². The van der Waals surface area contributed by atoms with Crippen LogP contribution in [0, 0.1) is 0 Å². The van der Waals surface area contributed by atoms with Crippen molar-refractivity contribution in [3.8, 4) is 11.3 Å². The summed E-state index contributed by atoms with van der Waals surface area (Å²) < 4.78 is 0. The number of primary amides is 1. The zero-order chi connectivity index (χ0) is 21.1. The standard InChI is InChI=1S/C21H21N5O2S2/c1-12(29-21-23-11-15(25-26-21)13-7-3-2-4-8-13)19(28)24-20-17(18(22)27)14-9-5-6-10-16(14)30-20/h2-4,7-8,11-12H,5-6,9-10H2,1H3,(H2,22,27)(H,24,28)/t12-/m0/s1. The third-order valence-corrected chi connectivity index (χ3v) is 7.09. The molecule has 0 radical (unpaired) electrons. The molecule has 3 N–H and O–H groups in total. The minimum atomic E-state index is -0.492. The maximum Gasteiger partial charge on any atom is 0.251 e. The number of anilines is 1. The lowest BCUT2D eigenvalue weighted by Gasteiger charge is -2.12. The number of hydrogen-bond acceptors (Lipinski definition) is 7. The molecular formula is C21H21N5O2S2. The van der Waals surface area contributed by atoms with Crippen molar-refractivity contribution in [3.05, 3.63) is 52.5 Å². The Bertz CT molecular complexity index is 1070. The molecule has 3 aromatic rings. The molecule has 0 unspecified atom stereocenters. The van der Waals surface area contributed by atoms with E-state index < -0.39 is 11.2 Å². The molecule has 2 aromatic heterocycles. The number of nitrogens with one attached hydrogen (secondary N) is 1. The van der Waals surface area contributed by atoms with E-state index in [-0.39, 0.29) is 5.91 Å². The van der Waals surface area contributed by atoms with Crippen molar-refractivity contribution >= 4 is 39.9 Å². The number of hydrogen-bond donors (Lipinski definition) is 2. The van der Waals surface area contributed by atoms with Gasteiger partial charge in [0.15, 0.2) is 0 Å². The van der Waals surface area contributed by atoms with Gasteiger partial charge in [0.1, 0.15) is 10.7 Å². The molecule has 0 bridgehead atoms. The van der Waals surface area contributed by atoms with E-state index in [2.05, 4.69) is 20.5 Å². The number of thioether (sulfide) groups is 1. The van der Waals surface area contributed by atoms with Crippen LogP contribution in [0.4, 0.5) is 5.00 Å². The predicted octanol–water partition coefficient (Wildman–Crippen LogP) is 3.70. The highest BCUT2D eigenvalue weighted by Gasteiger charge is 2.26. The van der Waals surface area contributed by atoms with Gasteiger partial charge in [-0.1, -0.05) is 42.1 Å². The fourth-order valence-electron chi connectivity index (χ4n) is 3.40. The smallest absolute Gasteiger partial charge is 0.251 e. The number of carbonyl (C=O) groups is 2. The molecule has 9 heteroatoms. The quantitative estimate of drug-likeness (QED) is 0.567. The normalized spacial score (nSPS) is 14.0. The van der Waals surface area contributed by atoms with E-state index in [4.69, 9.17) is 5.73 Å². The van der Waals surface area contributed by atoms with Crippen LogP contribution in [0.2, 0.25) is 0 Å². The number of nitrogens with two attached hydrogens (primary N) is 1. The molecule has 2 amide bonds. The summed E-state index contributed by atoms with van der Waals surface area (Å²) in [6, 6.07) is 9.66. The topological polar surface area (TPSA) is 111 Å². The Balaban J connectivity index is 1.45. The van der Waals surface area contributed by atoms with Crippen LogP contribution in [-0.4, -0.2) is 32.2 Å². The molecule has 4 rings (SSSR count). The summed E-state index contributed by atoms with van der Waals surface area (Å²) in [5.74, 6) is -0.717. The molecule has 0 spiro atoms. The average Bonchev–Trinajstić information content (AvgIpc) is 3.13. The lowest BCUT2D eigenvalue weighted by Crippen LogP contribution is -2.24. The lowest BCUT2D eigenvalue weighted by molar-refractivity contribution is -0.115. The first kappa shape index (κ1) is 20.5. The maximum atomic E-state index is 12.7. The molecule has 0 saturated heterocycles. The van der Waals surface area contributed by atoms with E-state index in [1.807, 2.05) is 30.3 Å². The van der Waals surface area contributed by atoms with Gasteiger partial charge >= 0.3 is 0 Å². The van der Waals surface area contributed by atoms with Crippen molar-refractivity contribution in [2.75, 3.05) is 5.32 Å². The Labute approximate surface area is 182 Å². The van der Waals surface area contributed by atoms with E-state index >= 15 is 0 Å². The zero-order valence-corrected chi connectivity index (χ0v) is 18.1. The first-order chi connectivity index (χ1) is 14.5. The second-order valence-corrected chi connectivity index (χ2v) is 9.43. The molecule has 0 saturated carbocycles. The van der Waals surface area contributed by atoms with Gasteiger partial charge in [0, 0.05) is 10.4 Å². The molecule has 0 aliphatic heterocycles. The van der Waals surface area contributed by atoms with Gasteiger partial charge < -0.3 is 11.1 Å². The molecule has 1 aliphatic carbocycles. The van der Waals surface area contributed by atoms with Gasteiger partial charge in [-0.2, -0.15) is 0 Å². The number of thiophene rings is 1. The summed E-state index contributed by atoms with van der Waals surface area (Å²) in [7, 11) is 0. The highest BCUT2D eigenvalue weighted by molar-refractivity contribution is 8.00. The van der Waals surface area contributed by atoms with Crippen molar-refractivity contribution in [3.63, 3.8) is 0 Å². The minimum Gasteiger partial charge on any atom is -0.365 e. The number of rotatable bonds is 6. The molecule has 154 valence electrons. The van der Waals surface area contributed by atoms with Gasteiger partial charge in [-0.3, -0.25) is 9.59 Å². The zero-order valence-electron chi connectivity index (χ0n) is 16.4. The number of amides is 2. The van der Waals surface area contributed by atoms with Crippen LogP contribution in [0.1, 0.15) is 40.6 Å². The van der Waals surface area contributed by atoms with Gasteiger partial charge in [-0.05, 0) is 38.2 Å². The summed E-state index contributed by atoms with van der Waals surface area (Å²) in [5, 5.41) is 11.7. The van der Waals surface area contributed by atoms with Crippen LogP contribution < -0.4 is 11.1 Å². The van der Waals surface area contributed by atoms with Gasteiger partial charge in [-0.25, -0.2) is 4.98 Å². The molecular weight excluding hydrogens is 418 g/mol. The van der Waals surface area contributed by atoms with E-state index in [0.29, 0.717) is 21.4 Å². The van der Waals surface area contributed by atoms with E-state index in [0.717, 1.165) is 41.7 Å². The van der Waals surface area contributed by atoms with Crippen LogP contribution in [0.15, 0.2) is 41.7 Å². The first-order valence-corrected chi connectivity index (χ1v) is 11.4. The summed E-state index contributed by atoms with van der Waals surface area (Å²) in [5.41, 5.74) is 8.67. The van der Waals surface area contributed by atoms with Crippen molar-refractivity contribution < 1.29 is 9.59 Å². The van der Waals surface area contributed by atoms with Crippen LogP contribution in [0.25, 0.3) is 11.3 Å². The number of aryl methyl sites for hydroxylation is 1. The lowest BCUT2D eigenvalue weighted by atomic mass is 9.95. The number of aromatic nitrogens is 3. The van der Waals surface area contributed by atoms with Crippen molar-refractivity contribution in [2.45, 2.75) is 43.0 Å². The van der Waals surface area contributed by atoms with Gasteiger partial charge in [0.25, 0.3) is 5.91 Å². The molecule has 1 atom stereocenters. The van der Waals surface area contributed by atoms with E-state index in [9.17, 15) is 9.59 Å². The first-order valence-electron chi connectivity index (χ1n) is 9.70. The third-order valence-electron chi connectivity index (χ3n) is 4.92. The van der Waals surface area contributed by atoms with Crippen LogP contribution in [0.3, 0.4) is 0 Å². The molecule has 2 heterocycles. The third kappa shape index (κ3) is 4.36. The molecule has 7 nitrogen and oxygen atoms in total. The Morgan fingerprint density at radius 1 is 1.17 bits per heavy atom. The molecule has 1 aliphatic rings. The van der Waals surface area contributed by atoms with Crippen LogP contribution in [0.5, 0.6) is 0 Å². The SMILES string of the molecule is C[C@H](Sc1ncc(-c2ccccc2)nn1)C(=O)Nc1sc2c(c1C(N)=O)CCCC2. The van der Waals surface area contributed by atoms with Crippen LogP contribution >= 0.6 is 23.1 Å². The van der Waals surface area contributed by atoms with Gasteiger partial charge in [-0.15, -0.1) is 21.5 Å². The highest BCUT2D eigenvalue weighted by atomic mass is 32.2. The fourth-order valence-corrected chi connectivity index (χ4v) is 5.38. The second kappa shape index (κ2) is 8.93. The molecule has 1 aromatic carbocycles. The summed E-state index contributed by atoms with van der Waals surface area (Å²) >= 11 is 2.67. The number of carbonyl (C=O) groups excluding carboxylic acids is 2.